The fourth-order valence-corrected chi connectivity index (χ4v) is 5.20. The largest absolute Gasteiger partial charge is 0.454 e. The zero-order valence-corrected chi connectivity index (χ0v) is 23.2. The van der Waals surface area contributed by atoms with E-state index in [0.29, 0.717) is 32.5 Å². The van der Waals surface area contributed by atoms with E-state index in [2.05, 4.69) is 24.3 Å². The average Bonchev–Trinajstić information content (AvgIpc) is 2.91. The molecule has 8 heteroatoms. The maximum absolute atomic E-state index is 12.5. The summed E-state index contributed by atoms with van der Waals surface area (Å²) in [6.45, 7) is 5.70. The van der Waals surface area contributed by atoms with Crippen molar-refractivity contribution >= 4 is 17.6 Å². The SMILES string of the molecule is CC(=O)OC1(CCc2ccc(C3CC(=O)N3c3ccc(CCCC(CO)CO)cc3)cc2)COC(C)(C)OC1. The molecular weight excluding hydrogens is 498 g/mol. The Morgan fingerprint density at radius 2 is 1.59 bits per heavy atom. The third kappa shape index (κ3) is 7.45. The van der Waals surface area contributed by atoms with Gasteiger partial charge in [0.25, 0.3) is 0 Å². The number of anilines is 1. The molecule has 2 aromatic carbocycles. The fourth-order valence-electron chi connectivity index (χ4n) is 5.20. The number of carbonyl (C=O) groups excluding carboxylic acids is 2. The molecule has 1 unspecified atom stereocenters. The Morgan fingerprint density at radius 3 is 2.15 bits per heavy atom. The zero-order chi connectivity index (χ0) is 28.0. The van der Waals surface area contributed by atoms with Crippen molar-refractivity contribution in [1.29, 1.82) is 0 Å². The van der Waals surface area contributed by atoms with Crippen LogP contribution in [0.2, 0.25) is 0 Å². The van der Waals surface area contributed by atoms with Gasteiger partial charge in [-0.25, -0.2) is 0 Å². The van der Waals surface area contributed by atoms with Gasteiger partial charge in [-0.3, -0.25) is 9.59 Å². The van der Waals surface area contributed by atoms with Crippen molar-refractivity contribution in [2.24, 2.45) is 5.92 Å². The summed E-state index contributed by atoms with van der Waals surface area (Å²) in [4.78, 5) is 26.1. The molecule has 2 fully saturated rings. The van der Waals surface area contributed by atoms with Crippen LogP contribution in [0.5, 0.6) is 0 Å². The summed E-state index contributed by atoms with van der Waals surface area (Å²) >= 11 is 0. The molecule has 0 saturated carbocycles. The Kier molecular flexibility index (Phi) is 9.43. The van der Waals surface area contributed by atoms with Crippen LogP contribution in [-0.4, -0.2) is 59.9 Å². The second-order valence-corrected chi connectivity index (χ2v) is 11.3. The van der Waals surface area contributed by atoms with Gasteiger partial charge >= 0.3 is 5.97 Å². The van der Waals surface area contributed by atoms with Gasteiger partial charge in [-0.2, -0.15) is 0 Å². The van der Waals surface area contributed by atoms with Gasteiger partial charge in [0.15, 0.2) is 11.4 Å². The molecule has 2 aliphatic heterocycles. The van der Waals surface area contributed by atoms with E-state index in [1.165, 1.54) is 12.5 Å². The highest BCUT2D eigenvalue weighted by molar-refractivity contribution is 6.01. The summed E-state index contributed by atoms with van der Waals surface area (Å²) in [7, 11) is 0. The predicted octanol–water partition coefficient (Wildman–Crippen LogP) is 4.11. The molecule has 0 bridgehead atoms. The summed E-state index contributed by atoms with van der Waals surface area (Å²) in [5.41, 5.74) is 3.45. The molecule has 2 aromatic rings. The average molecular weight is 540 g/mol. The lowest BCUT2D eigenvalue weighted by molar-refractivity contribution is -0.305. The van der Waals surface area contributed by atoms with Crippen LogP contribution in [0.4, 0.5) is 5.69 Å². The van der Waals surface area contributed by atoms with E-state index in [-0.39, 0.29) is 37.0 Å². The Labute approximate surface area is 230 Å². The van der Waals surface area contributed by atoms with Gasteiger partial charge in [-0.05, 0) is 74.8 Å². The molecular formula is C31H41NO7. The maximum Gasteiger partial charge on any atom is 0.303 e. The third-order valence-corrected chi connectivity index (χ3v) is 7.72. The Morgan fingerprint density at radius 1 is 1.00 bits per heavy atom. The summed E-state index contributed by atoms with van der Waals surface area (Å²) < 4.78 is 17.2. The number of carbonyl (C=O) groups is 2. The Hall–Kier alpha value is -2.78. The van der Waals surface area contributed by atoms with Crippen LogP contribution in [0.25, 0.3) is 0 Å². The number of hydrogen-bond acceptors (Lipinski definition) is 7. The first-order valence-corrected chi connectivity index (χ1v) is 13.8. The fraction of sp³-hybridized carbons (Fsp3) is 0.548. The molecule has 2 aliphatic rings. The first-order valence-electron chi connectivity index (χ1n) is 13.8. The van der Waals surface area contributed by atoms with E-state index in [1.807, 2.05) is 43.0 Å². The van der Waals surface area contributed by atoms with Crippen LogP contribution in [0.1, 0.15) is 69.2 Å². The van der Waals surface area contributed by atoms with Gasteiger partial charge in [0, 0.05) is 31.7 Å². The van der Waals surface area contributed by atoms with Gasteiger partial charge < -0.3 is 29.3 Å². The van der Waals surface area contributed by atoms with Gasteiger partial charge in [0.05, 0.1) is 25.7 Å². The predicted molar refractivity (Wildman–Crippen MR) is 147 cm³/mol. The van der Waals surface area contributed by atoms with Crippen LogP contribution in [0, 0.1) is 5.92 Å². The molecule has 1 amide bonds. The topological polar surface area (TPSA) is 106 Å². The van der Waals surface area contributed by atoms with Crippen molar-refractivity contribution in [3.63, 3.8) is 0 Å². The van der Waals surface area contributed by atoms with Crippen molar-refractivity contribution in [3.8, 4) is 0 Å². The van der Waals surface area contributed by atoms with Crippen LogP contribution in [0.3, 0.4) is 0 Å². The number of ether oxygens (including phenoxy) is 3. The van der Waals surface area contributed by atoms with Crippen LogP contribution in [-0.2, 0) is 36.6 Å². The molecule has 8 nitrogen and oxygen atoms in total. The van der Waals surface area contributed by atoms with Crippen LogP contribution < -0.4 is 4.90 Å². The van der Waals surface area contributed by atoms with Gasteiger partial charge in [-0.1, -0.05) is 36.4 Å². The number of β-lactam (4-membered cyclic amide) rings is 1. The number of aliphatic hydroxyl groups is 2. The van der Waals surface area contributed by atoms with Gasteiger partial charge in [0.1, 0.15) is 0 Å². The second-order valence-electron chi connectivity index (χ2n) is 11.3. The first kappa shape index (κ1) is 29.2. The first-order chi connectivity index (χ1) is 18.6. The minimum absolute atomic E-state index is 0.00188. The number of benzene rings is 2. The van der Waals surface area contributed by atoms with E-state index in [4.69, 9.17) is 14.2 Å². The lowest BCUT2D eigenvalue weighted by Crippen LogP contribution is -2.53. The summed E-state index contributed by atoms with van der Waals surface area (Å²) in [5, 5.41) is 18.5. The molecule has 39 heavy (non-hydrogen) atoms. The molecule has 2 heterocycles. The van der Waals surface area contributed by atoms with Gasteiger partial charge in [-0.15, -0.1) is 0 Å². The summed E-state index contributed by atoms with van der Waals surface area (Å²) in [6.07, 6.45) is 4.30. The minimum Gasteiger partial charge on any atom is -0.454 e. The summed E-state index contributed by atoms with van der Waals surface area (Å²) in [6, 6.07) is 16.4. The summed E-state index contributed by atoms with van der Waals surface area (Å²) in [5.74, 6) is -0.999. The zero-order valence-electron chi connectivity index (χ0n) is 23.2. The quantitative estimate of drug-likeness (QED) is 0.309. The molecule has 0 radical (unpaired) electrons. The number of nitrogens with zero attached hydrogens (tertiary/aromatic N) is 1. The van der Waals surface area contributed by atoms with Gasteiger partial charge in [0.2, 0.25) is 5.91 Å². The minimum atomic E-state index is -0.803. The number of rotatable bonds is 12. The smallest absolute Gasteiger partial charge is 0.303 e. The molecule has 0 aliphatic carbocycles. The van der Waals surface area contributed by atoms with Crippen molar-refractivity contribution in [1.82, 2.24) is 0 Å². The number of esters is 1. The van der Waals surface area contributed by atoms with Crippen molar-refractivity contribution in [2.75, 3.05) is 31.3 Å². The highest BCUT2D eigenvalue weighted by Gasteiger charge is 2.42. The second kappa shape index (κ2) is 12.6. The highest BCUT2D eigenvalue weighted by atomic mass is 16.7. The lowest BCUT2D eigenvalue weighted by Gasteiger charge is -2.42. The number of aliphatic hydroxyl groups excluding tert-OH is 2. The molecule has 212 valence electrons. The number of aryl methyl sites for hydroxylation is 2. The molecule has 1 atom stereocenters. The van der Waals surface area contributed by atoms with Crippen LogP contribution >= 0.6 is 0 Å². The Balaban J connectivity index is 1.34. The highest BCUT2D eigenvalue weighted by Crippen LogP contribution is 2.39. The maximum atomic E-state index is 12.5. The molecule has 0 spiro atoms. The molecule has 2 saturated heterocycles. The van der Waals surface area contributed by atoms with Crippen molar-refractivity contribution in [3.05, 3.63) is 65.2 Å². The van der Waals surface area contributed by atoms with Crippen molar-refractivity contribution < 1.29 is 34.0 Å². The van der Waals surface area contributed by atoms with Crippen LogP contribution in [0.15, 0.2) is 48.5 Å². The molecule has 0 aromatic heterocycles. The van der Waals surface area contributed by atoms with E-state index >= 15 is 0 Å². The number of hydrogen-bond donors (Lipinski definition) is 2. The molecule has 4 rings (SSSR count). The van der Waals surface area contributed by atoms with E-state index in [0.717, 1.165) is 36.1 Å². The third-order valence-electron chi connectivity index (χ3n) is 7.72. The lowest BCUT2D eigenvalue weighted by atomic mass is 9.90. The van der Waals surface area contributed by atoms with E-state index in [1.54, 1.807) is 0 Å². The normalized spacial score (nSPS) is 20.1. The van der Waals surface area contributed by atoms with E-state index < -0.39 is 11.4 Å². The monoisotopic (exact) mass is 539 g/mol. The van der Waals surface area contributed by atoms with E-state index in [9.17, 15) is 19.8 Å². The molecule has 2 N–H and O–H groups in total. The Bertz CT molecular complexity index is 1100. The van der Waals surface area contributed by atoms with Crippen molar-refractivity contribution in [2.45, 2.75) is 76.7 Å². The standard InChI is InChI=1S/C31H41NO7/c1-22(35)39-31(20-37-30(2,3)38-21-31)16-15-24-7-11-26(12-8-24)28-17-29(36)32(28)27-13-9-23(10-14-27)5-4-6-25(18-33)19-34/h7-14,25,28,33-34H,4-6,15-21H2,1-3H3. The number of amides is 1.